The Morgan fingerprint density at radius 2 is 2.05 bits per heavy atom. The van der Waals surface area contributed by atoms with Gasteiger partial charge in [-0.3, -0.25) is 9.78 Å². The average molecular weight is 270 g/mol. The Hall–Kier alpha value is -2.36. The minimum Gasteiger partial charge on any atom is -0.480 e. The van der Waals surface area contributed by atoms with Crippen LogP contribution in [-0.2, 0) is 11.2 Å². The quantitative estimate of drug-likeness (QED) is 0.875. The van der Waals surface area contributed by atoms with Crippen molar-refractivity contribution >= 4 is 11.7 Å². The van der Waals surface area contributed by atoms with Crippen molar-refractivity contribution in [3.8, 4) is 11.1 Å². The van der Waals surface area contributed by atoms with E-state index in [-0.39, 0.29) is 0 Å². The maximum absolute atomic E-state index is 11.0. The fourth-order valence-corrected chi connectivity index (χ4v) is 2.13. The van der Waals surface area contributed by atoms with E-state index in [4.69, 9.17) is 5.11 Å². The summed E-state index contributed by atoms with van der Waals surface area (Å²) in [6, 6.07) is 9.37. The second kappa shape index (κ2) is 6.19. The number of carboxylic acids is 1. The molecule has 0 fully saturated rings. The highest BCUT2D eigenvalue weighted by atomic mass is 16.4. The fourth-order valence-electron chi connectivity index (χ4n) is 2.13. The summed E-state index contributed by atoms with van der Waals surface area (Å²) in [6.45, 7) is 3.72. The van der Waals surface area contributed by atoms with Crippen LogP contribution in [0.5, 0.6) is 0 Å². The summed E-state index contributed by atoms with van der Waals surface area (Å²) in [6.07, 6.45) is 4.31. The molecule has 0 radical (unpaired) electrons. The molecule has 0 spiro atoms. The normalized spacial score (nSPS) is 11.9. The molecule has 2 rings (SSSR count). The molecule has 0 amide bonds. The SMILES string of the molecule is CCc1ccccc1-c1ccncc1N[C@@H](C)C(=O)O. The first kappa shape index (κ1) is 14.1. The Labute approximate surface area is 118 Å². The van der Waals surface area contributed by atoms with Crippen molar-refractivity contribution in [2.45, 2.75) is 26.3 Å². The summed E-state index contributed by atoms with van der Waals surface area (Å²) >= 11 is 0. The Balaban J connectivity index is 2.44. The van der Waals surface area contributed by atoms with Crippen LogP contribution in [0.3, 0.4) is 0 Å². The summed E-state index contributed by atoms with van der Waals surface area (Å²) in [5.41, 5.74) is 4.05. The highest BCUT2D eigenvalue weighted by Gasteiger charge is 2.14. The van der Waals surface area contributed by atoms with Crippen LogP contribution >= 0.6 is 0 Å². The molecule has 0 saturated carbocycles. The number of nitrogens with zero attached hydrogens (tertiary/aromatic N) is 1. The maximum atomic E-state index is 11.0. The zero-order valence-corrected chi connectivity index (χ0v) is 11.6. The Bertz CT molecular complexity index is 611. The number of nitrogens with one attached hydrogen (secondary N) is 1. The lowest BCUT2D eigenvalue weighted by molar-refractivity contribution is -0.137. The van der Waals surface area contributed by atoms with E-state index in [1.165, 1.54) is 5.56 Å². The zero-order valence-electron chi connectivity index (χ0n) is 11.6. The Morgan fingerprint density at radius 1 is 1.30 bits per heavy atom. The summed E-state index contributed by atoms with van der Waals surface area (Å²) in [5.74, 6) is -0.886. The van der Waals surface area contributed by atoms with Gasteiger partial charge in [0, 0.05) is 11.8 Å². The van der Waals surface area contributed by atoms with Crippen LogP contribution in [0.1, 0.15) is 19.4 Å². The third-order valence-corrected chi connectivity index (χ3v) is 3.25. The van der Waals surface area contributed by atoms with Gasteiger partial charge in [0.05, 0.1) is 11.9 Å². The lowest BCUT2D eigenvalue weighted by Gasteiger charge is -2.16. The Morgan fingerprint density at radius 3 is 2.75 bits per heavy atom. The van der Waals surface area contributed by atoms with Crippen LogP contribution in [0.4, 0.5) is 5.69 Å². The van der Waals surface area contributed by atoms with Crippen molar-refractivity contribution in [3.63, 3.8) is 0 Å². The van der Waals surface area contributed by atoms with Gasteiger partial charge in [-0.1, -0.05) is 31.2 Å². The second-order valence-corrected chi connectivity index (χ2v) is 4.64. The predicted molar refractivity (Wildman–Crippen MR) is 79.8 cm³/mol. The van der Waals surface area contributed by atoms with Crippen molar-refractivity contribution in [3.05, 3.63) is 48.3 Å². The molecule has 2 aromatic rings. The number of rotatable bonds is 5. The molecule has 0 aliphatic heterocycles. The number of hydrogen-bond acceptors (Lipinski definition) is 3. The molecule has 1 aromatic carbocycles. The molecule has 4 nitrogen and oxygen atoms in total. The second-order valence-electron chi connectivity index (χ2n) is 4.64. The molecule has 1 heterocycles. The molecule has 0 unspecified atom stereocenters. The first-order valence-corrected chi connectivity index (χ1v) is 6.65. The van der Waals surface area contributed by atoms with Crippen molar-refractivity contribution in [2.75, 3.05) is 5.32 Å². The molecule has 0 aliphatic carbocycles. The third-order valence-electron chi connectivity index (χ3n) is 3.25. The first-order valence-electron chi connectivity index (χ1n) is 6.65. The van der Waals surface area contributed by atoms with Crippen molar-refractivity contribution in [1.82, 2.24) is 4.98 Å². The highest BCUT2D eigenvalue weighted by Crippen LogP contribution is 2.30. The van der Waals surface area contributed by atoms with Gasteiger partial charge in [0.1, 0.15) is 6.04 Å². The van der Waals surface area contributed by atoms with Gasteiger partial charge in [0.25, 0.3) is 0 Å². The molecule has 20 heavy (non-hydrogen) atoms. The van der Waals surface area contributed by atoms with Crippen molar-refractivity contribution in [2.24, 2.45) is 0 Å². The summed E-state index contributed by atoms with van der Waals surface area (Å²) < 4.78 is 0. The minimum absolute atomic E-state index is 0.660. The van der Waals surface area contributed by atoms with Gasteiger partial charge < -0.3 is 10.4 Å². The number of pyridine rings is 1. The summed E-state index contributed by atoms with van der Waals surface area (Å²) in [4.78, 5) is 15.1. The van der Waals surface area contributed by atoms with Crippen LogP contribution in [0.25, 0.3) is 11.1 Å². The molecular weight excluding hydrogens is 252 g/mol. The monoisotopic (exact) mass is 270 g/mol. The van der Waals surface area contributed by atoms with E-state index in [1.54, 1.807) is 19.3 Å². The zero-order chi connectivity index (χ0) is 14.5. The largest absolute Gasteiger partial charge is 0.480 e. The number of carbonyl (C=O) groups is 1. The van der Waals surface area contributed by atoms with Crippen LogP contribution in [0.15, 0.2) is 42.7 Å². The molecule has 2 N–H and O–H groups in total. The van der Waals surface area contributed by atoms with Crippen molar-refractivity contribution in [1.29, 1.82) is 0 Å². The lowest BCUT2D eigenvalue weighted by atomic mass is 9.97. The molecule has 1 atom stereocenters. The van der Waals surface area contributed by atoms with E-state index in [0.717, 1.165) is 23.2 Å². The molecular formula is C16H18N2O2. The number of carboxylic acid groups (broad SMARTS) is 1. The van der Waals surface area contributed by atoms with Crippen LogP contribution < -0.4 is 5.32 Å². The van der Waals surface area contributed by atoms with E-state index in [1.807, 2.05) is 24.3 Å². The fraction of sp³-hybridized carbons (Fsp3) is 0.250. The lowest BCUT2D eigenvalue weighted by Crippen LogP contribution is -2.25. The van der Waals surface area contributed by atoms with Gasteiger partial charge in [-0.15, -0.1) is 0 Å². The number of aliphatic carboxylic acids is 1. The smallest absolute Gasteiger partial charge is 0.325 e. The number of hydrogen-bond donors (Lipinski definition) is 2. The molecule has 0 saturated heterocycles. The van der Waals surface area contributed by atoms with Gasteiger partial charge in [-0.25, -0.2) is 0 Å². The van der Waals surface area contributed by atoms with Crippen LogP contribution in [-0.4, -0.2) is 22.1 Å². The molecule has 4 heteroatoms. The van der Waals surface area contributed by atoms with Gasteiger partial charge in [-0.05, 0) is 30.5 Å². The summed E-state index contributed by atoms with van der Waals surface area (Å²) in [5, 5.41) is 12.0. The van der Waals surface area contributed by atoms with E-state index >= 15 is 0 Å². The van der Waals surface area contributed by atoms with Gasteiger partial charge in [0.15, 0.2) is 0 Å². The van der Waals surface area contributed by atoms with Gasteiger partial charge in [0.2, 0.25) is 0 Å². The van der Waals surface area contributed by atoms with E-state index in [9.17, 15) is 4.79 Å². The molecule has 104 valence electrons. The standard InChI is InChI=1S/C16H18N2O2/c1-3-12-6-4-5-7-13(12)14-8-9-17-10-15(14)18-11(2)16(19)20/h4-11,18H,3H2,1-2H3,(H,19,20)/t11-/m0/s1. The highest BCUT2D eigenvalue weighted by molar-refractivity contribution is 5.83. The number of aromatic nitrogens is 1. The predicted octanol–water partition coefficient (Wildman–Crippen LogP) is 3.20. The molecule has 1 aromatic heterocycles. The number of aryl methyl sites for hydroxylation is 1. The number of anilines is 1. The minimum atomic E-state index is -0.886. The van der Waals surface area contributed by atoms with E-state index in [2.05, 4.69) is 23.3 Å². The van der Waals surface area contributed by atoms with Gasteiger partial charge in [-0.2, -0.15) is 0 Å². The Kier molecular flexibility index (Phi) is 4.35. The van der Waals surface area contributed by atoms with Gasteiger partial charge >= 0.3 is 5.97 Å². The van der Waals surface area contributed by atoms with E-state index < -0.39 is 12.0 Å². The van der Waals surface area contributed by atoms with Crippen LogP contribution in [0, 0.1) is 0 Å². The first-order chi connectivity index (χ1) is 9.63. The van der Waals surface area contributed by atoms with Crippen molar-refractivity contribution < 1.29 is 9.90 Å². The average Bonchev–Trinajstić information content (AvgIpc) is 2.47. The summed E-state index contributed by atoms with van der Waals surface area (Å²) in [7, 11) is 0. The van der Waals surface area contributed by atoms with E-state index in [0.29, 0.717) is 0 Å². The van der Waals surface area contributed by atoms with Crippen LogP contribution in [0.2, 0.25) is 0 Å². The maximum Gasteiger partial charge on any atom is 0.325 e. The number of benzene rings is 1. The molecule has 0 aliphatic rings. The molecule has 0 bridgehead atoms. The third kappa shape index (κ3) is 2.96. The topological polar surface area (TPSA) is 62.2 Å².